The number of carbonyl (C=O) groups excluding carboxylic acids is 1. The van der Waals surface area contributed by atoms with Gasteiger partial charge in [-0.1, -0.05) is 6.07 Å². The molecule has 1 amide bonds. The average Bonchev–Trinajstić information content (AvgIpc) is 3.24. The van der Waals surface area contributed by atoms with E-state index in [9.17, 15) is 14.4 Å². The predicted octanol–water partition coefficient (Wildman–Crippen LogP) is 3.98. The van der Waals surface area contributed by atoms with Gasteiger partial charge in [0.05, 0.1) is 37.5 Å². The maximum atomic E-state index is 12.5. The lowest BCUT2D eigenvalue weighted by atomic mass is 10.1. The zero-order valence-electron chi connectivity index (χ0n) is 22.2. The van der Waals surface area contributed by atoms with Crippen molar-refractivity contribution in [3.8, 4) is 23.0 Å². The van der Waals surface area contributed by atoms with Crippen molar-refractivity contribution >= 4 is 34.4 Å². The fourth-order valence-corrected chi connectivity index (χ4v) is 3.61. The van der Waals surface area contributed by atoms with Gasteiger partial charge in [-0.25, -0.2) is 9.59 Å². The monoisotopic (exact) mass is 548 g/mol. The van der Waals surface area contributed by atoms with Crippen LogP contribution >= 0.6 is 0 Å². The Kier molecular flexibility index (Phi) is 9.79. The molecule has 40 heavy (non-hydrogen) atoms. The number of anilines is 1. The summed E-state index contributed by atoms with van der Waals surface area (Å²) in [5.74, 6) is -0.106. The second-order valence-electron chi connectivity index (χ2n) is 8.30. The molecule has 0 saturated heterocycles. The maximum Gasteiger partial charge on any atom is 0.328 e. The van der Waals surface area contributed by atoms with Crippen molar-refractivity contribution in [2.24, 2.45) is 7.05 Å². The largest absolute Gasteiger partial charge is 0.497 e. The Hall–Kier alpha value is -5.39. The third kappa shape index (κ3) is 8.05. The first-order valence-electron chi connectivity index (χ1n) is 11.8. The number of pyridine rings is 1. The third-order valence-electron chi connectivity index (χ3n) is 5.40. The van der Waals surface area contributed by atoms with Gasteiger partial charge in [0.1, 0.15) is 23.0 Å². The molecule has 2 aromatic carbocycles. The van der Waals surface area contributed by atoms with E-state index in [1.807, 2.05) is 44.3 Å². The van der Waals surface area contributed by atoms with Gasteiger partial charge < -0.3 is 29.7 Å². The SMILES string of the molecule is COc1ccc2c(Oc3ccc(CC(=O)Nc4cn(C)nc4C)c(OC)c3)ccnc2c1.O=C(O)/C=C\C(=O)O. The van der Waals surface area contributed by atoms with Crippen LogP contribution in [0.4, 0.5) is 5.69 Å². The highest BCUT2D eigenvalue weighted by atomic mass is 16.5. The molecule has 4 aromatic rings. The smallest absolute Gasteiger partial charge is 0.328 e. The van der Waals surface area contributed by atoms with Crippen LogP contribution in [0.2, 0.25) is 0 Å². The molecule has 0 unspecified atom stereocenters. The number of fused-ring (bicyclic) bond motifs is 1. The van der Waals surface area contributed by atoms with Gasteiger partial charge in [0.2, 0.25) is 5.91 Å². The summed E-state index contributed by atoms with van der Waals surface area (Å²) in [6.07, 6.45) is 4.74. The number of benzene rings is 2. The summed E-state index contributed by atoms with van der Waals surface area (Å²) in [4.78, 5) is 36.0. The predicted molar refractivity (Wildman–Crippen MR) is 146 cm³/mol. The van der Waals surface area contributed by atoms with E-state index in [0.717, 1.165) is 27.9 Å². The van der Waals surface area contributed by atoms with Gasteiger partial charge in [0.15, 0.2) is 0 Å². The van der Waals surface area contributed by atoms with Crippen LogP contribution in [0.3, 0.4) is 0 Å². The molecule has 0 aliphatic heterocycles. The number of carboxylic acids is 2. The van der Waals surface area contributed by atoms with E-state index in [4.69, 9.17) is 24.4 Å². The normalized spacial score (nSPS) is 10.5. The highest BCUT2D eigenvalue weighted by Gasteiger charge is 2.14. The van der Waals surface area contributed by atoms with Crippen molar-refractivity contribution in [1.29, 1.82) is 0 Å². The van der Waals surface area contributed by atoms with Gasteiger partial charge in [0.25, 0.3) is 0 Å². The number of methoxy groups -OCH3 is 2. The number of hydrogen-bond acceptors (Lipinski definition) is 8. The molecule has 12 nitrogen and oxygen atoms in total. The zero-order valence-corrected chi connectivity index (χ0v) is 22.2. The molecule has 0 fully saturated rings. The molecule has 0 aliphatic carbocycles. The molecule has 2 heterocycles. The molecule has 0 aliphatic rings. The van der Waals surface area contributed by atoms with Crippen molar-refractivity contribution in [3.63, 3.8) is 0 Å². The van der Waals surface area contributed by atoms with Gasteiger partial charge in [0, 0.05) is 54.7 Å². The molecule has 208 valence electrons. The molecule has 12 heteroatoms. The fourth-order valence-electron chi connectivity index (χ4n) is 3.61. The summed E-state index contributed by atoms with van der Waals surface area (Å²) in [5, 5.41) is 23.6. The number of amides is 1. The Morgan fingerprint density at radius 2 is 1.65 bits per heavy atom. The average molecular weight is 549 g/mol. The second-order valence-corrected chi connectivity index (χ2v) is 8.30. The molecular formula is C28H28N4O8. The van der Waals surface area contributed by atoms with Crippen LogP contribution in [0, 0.1) is 6.92 Å². The van der Waals surface area contributed by atoms with Crippen LogP contribution in [0.1, 0.15) is 11.3 Å². The summed E-state index contributed by atoms with van der Waals surface area (Å²) in [6.45, 7) is 1.85. The van der Waals surface area contributed by atoms with Gasteiger partial charge in [-0.3, -0.25) is 14.5 Å². The quantitative estimate of drug-likeness (QED) is 0.261. The van der Waals surface area contributed by atoms with Crippen LogP contribution in [-0.2, 0) is 27.9 Å². The minimum atomic E-state index is -1.26. The Balaban J connectivity index is 0.000000482. The molecule has 0 atom stereocenters. The summed E-state index contributed by atoms with van der Waals surface area (Å²) in [7, 11) is 5.00. The summed E-state index contributed by atoms with van der Waals surface area (Å²) in [5.41, 5.74) is 2.98. The number of nitrogens with one attached hydrogen (secondary N) is 1. The Labute approximate surface area is 229 Å². The van der Waals surface area contributed by atoms with Crippen LogP contribution in [-0.4, -0.2) is 57.0 Å². The van der Waals surface area contributed by atoms with Crippen molar-refractivity contribution < 1.29 is 38.8 Å². The van der Waals surface area contributed by atoms with Crippen LogP contribution in [0.25, 0.3) is 10.9 Å². The fraction of sp³-hybridized carbons (Fsp3) is 0.179. The van der Waals surface area contributed by atoms with Crippen LogP contribution in [0.5, 0.6) is 23.0 Å². The minimum Gasteiger partial charge on any atom is -0.497 e. The van der Waals surface area contributed by atoms with Crippen molar-refractivity contribution in [3.05, 3.63) is 78.3 Å². The highest BCUT2D eigenvalue weighted by molar-refractivity contribution is 5.93. The van der Waals surface area contributed by atoms with E-state index in [-0.39, 0.29) is 12.3 Å². The number of carboxylic acid groups (broad SMARTS) is 2. The van der Waals surface area contributed by atoms with Gasteiger partial charge in [-0.15, -0.1) is 0 Å². The van der Waals surface area contributed by atoms with Crippen molar-refractivity contribution in [1.82, 2.24) is 14.8 Å². The molecular weight excluding hydrogens is 520 g/mol. The number of ether oxygens (including phenoxy) is 3. The van der Waals surface area contributed by atoms with E-state index in [0.29, 0.717) is 35.1 Å². The number of aromatic nitrogens is 3. The Morgan fingerprint density at radius 3 is 2.25 bits per heavy atom. The van der Waals surface area contributed by atoms with Gasteiger partial charge in [-0.2, -0.15) is 5.10 Å². The van der Waals surface area contributed by atoms with Crippen LogP contribution in [0.15, 0.2) is 67.0 Å². The molecule has 0 saturated carbocycles. The highest BCUT2D eigenvalue weighted by Crippen LogP contribution is 2.33. The molecule has 4 rings (SSSR count). The number of hydrogen-bond donors (Lipinski definition) is 3. The summed E-state index contributed by atoms with van der Waals surface area (Å²) < 4.78 is 18.6. The molecule has 3 N–H and O–H groups in total. The van der Waals surface area contributed by atoms with E-state index in [2.05, 4.69) is 15.4 Å². The summed E-state index contributed by atoms with van der Waals surface area (Å²) in [6, 6.07) is 12.9. The van der Waals surface area contributed by atoms with E-state index >= 15 is 0 Å². The first-order valence-corrected chi connectivity index (χ1v) is 11.8. The van der Waals surface area contributed by atoms with Crippen LogP contribution < -0.4 is 19.5 Å². The molecule has 0 radical (unpaired) electrons. The van der Waals surface area contributed by atoms with Gasteiger partial charge in [-0.05, 0) is 31.2 Å². The minimum absolute atomic E-state index is 0.151. The third-order valence-corrected chi connectivity index (χ3v) is 5.40. The number of aliphatic carboxylic acids is 2. The maximum absolute atomic E-state index is 12.5. The summed E-state index contributed by atoms with van der Waals surface area (Å²) >= 11 is 0. The standard InChI is InChI=1S/C24H24N4O4.C4H4O4/c1-15-21(14-28(2)27-15)26-24(29)11-16-5-6-18(13-23(16)31-4)32-22-9-10-25-20-12-17(30-3)7-8-19(20)22;5-3(6)1-2-4(7)8/h5-10,12-14H,11H2,1-4H3,(H,26,29);1-2H,(H,5,6)(H,7,8)/b;2-1-. The molecule has 0 spiro atoms. The first-order chi connectivity index (χ1) is 19.1. The number of nitrogens with zero attached hydrogens (tertiary/aromatic N) is 3. The Morgan fingerprint density at radius 1 is 0.950 bits per heavy atom. The lowest BCUT2D eigenvalue weighted by Gasteiger charge is -2.13. The lowest BCUT2D eigenvalue weighted by Crippen LogP contribution is -2.15. The van der Waals surface area contributed by atoms with Crippen molar-refractivity contribution in [2.75, 3.05) is 19.5 Å². The van der Waals surface area contributed by atoms with Crippen molar-refractivity contribution in [2.45, 2.75) is 13.3 Å². The van der Waals surface area contributed by atoms with E-state index < -0.39 is 11.9 Å². The van der Waals surface area contributed by atoms with Gasteiger partial charge >= 0.3 is 11.9 Å². The zero-order chi connectivity index (χ0) is 29.2. The van der Waals surface area contributed by atoms with E-state index in [1.165, 1.54) is 0 Å². The number of aryl methyl sites for hydroxylation is 2. The topological polar surface area (TPSA) is 162 Å². The molecule has 2 aromatic heterocycles. The van der Waals surface area contributed by atoms with E-state index in [1.54, 1.807) is 43.4 Å². The first kappa shape index (κ1) is 29.2. The number of carbonyl (C=O) groups is 3. The lowest BCUT2D eigenvalue weighted by molar-refractivity contribution is -0.134. The number of rotatable bonds is 9. The second kappa shape index (κ2) is 13.4. The Bertz CT molecular complexity index is 1550. The molecule has 0 bridgehead atoms.